The maximum atomic E-state index is 13.5. The predicted octanol–water partition coefficient (Wildman–Crippen LogP) is 2.02. The summed E-state index contributed by atoms with van der Waals surface area (Å²) in [5.74, 6) is -0.977. The number of rotatable bonds is 4. The van der Waals surface area contributed by atoms with Crippen molar-refractivity contribution in [1.82, 2.24) is 4.98 Å². The minimum Gasteiger partial charge on any atom is -0.396 e. The van der Waals surface area contributed by atoms with Gasteiger partial charge in [0, 0.05) is 12.3 Å². The van der Waals surface area contributed by atoms with Gasteiger partial charge in [0.05, 0.1) is 27.2 Å². The summed E-state index contributed by atoms with van der Waals surface area (Å²) < 4.78 is 25.5. The number of benzene rings is 1. The highest BCUT2D eigenvalue weighted by Gasteiger charge is 2.16. The first kappa shape index (κ1) is 14.1. The van der Waals surface area contributed by atoms with E-state index in [1.807, 2.05) is 0 Å². The summed E-state index contributed by atoms with van der Waals surface area (Å²) in [6.07, 6.45) is 1.46. The Morgan fingerprint density at radius 1 is 1.40 bits per heavy atom. The third-order valence-corrected chi connectivity index (χ3v) is 3.89. The van der Waals surface area contributed by atoms with Crippen molar-refractivity contribution < 1.29 is 13.5 Å². The standard InChI is InChI=1S/C12H10FN3O3S/c13-9-6-8(3-4-11(9)16(17)18)7-20(19)12-10(14)2-1-5-15-12/h1-6H,7,14H2. The fourth-order valence-corrected chi connectivity index (χ4v) is 2.73. The summed E-state index contributed by atoms with van der Waals surface area (Å²) in [7, 11) is -1.54. The van der Waals surface area contributed by atoms with Gasteiger partial charge in [-0.15, -0.1) is 0 Å². The van der Waals surface area contributed by atoms with Gasteiger partial charge in [-0.2, -0.15) is 4.39 Å². The predicted molar refractivity (Wildman–Crippen MR) is 71.8 cm³/mol. The summed E-state index contributed by atoms with van der Waals surface area (Å²) in [6, 6.07) is 6.58. The summed E-state index contributed by atoms with van der Waals surface area (Å²) in [5, 5.41) is 10.7. The van der Waals surface area contributed by atoms with Gasteiger partial charge in [-0.3, -0.25) is 14.3 Å². The van der Waals surface area contributed by atoms with Crippen LogP contribution in [0, 0.1) is 15.9 Å². The molecule has 1 heterocycles. The van der Waals surface area contributed by atoms with Crippen molar-refractivity contribution in [3.63, 3.8) is 0 Å². The molecule has 0 aliphatic rings. The van der Waals surface area contributed by atoms with Gasteiger partial charge in [-0.05, 0) is 23.8 Å². The van der Waals surface area contributed by atoms with E-state index in [0.717, 1.165) is 12.1 Å². The van der Waals surface area contributed by atoms with Crippen LogP contribution in [0.3, 0.4) is 0 Å². The van der Waals surface area contributed by atoms with E-state index in [0.29, 0.717) is 5.56 Å². The fraction of sp³-hybridized carbons (Fsp3) is 0.0833. The number of anilines is 1. The Bertz CT molecular complexity index is 693. The van der Waals surface area contributed by atoms with Crippen molar-refractivity contribution in [2.24, 2.45) is 0 Å². The topological polar surface area (TPSA) is 99.1 Å². The second kappa shape index (κ2) is 5.74. The number of pyridine rings is 1. The van der Waals surface area contributed by atoms with Crippen molar-refractivity contribution >= 4 is 22.2 Å². The molecule has 0 saturated carbocycles. The zero-order chi connectivity index (χ0) is 14.7. The summed E-state index contributed by atoms with van der Waals surface area (Å²) in [5.41, 5.74) is 5.69. The van der Waals surface area contributed by atoms with Crippen LogP contribution in [-0.4, -0.2) is 14.1 Å². The molecule has 2 N–H and O–H groups in total. The molecule has 0 bridgehead atoms. The fourth-order valence-electron chi connectivity index (χ4n) is 1.60. The largest absolute Gasteiger partial charge is 0.396 e. The number of hydrogen-bond acceptors (Lipinski definition) is 5. The van der Waals surface area contributed by atoms with E-state index < -0.39 is 27.2 Å². The van der Waals surface area contributed by atoms with Gasteiger partial charge in [0.1, 0.15) is 5.03 Å². The molecule has 0 amide bonds. The lowest BCUT2D eigenvalue weighted by atomic mass is 10.2. The molecule has 20 heavy (non-hydrogen) atoms. The van der Waals surface area contributed by atoms with Gasteiger partial charge in [0.25, 0.3) is 0 Å². The van der Waals surface area contributed by atoms with Crippen LogP contribution in [0.25, 0.3) is 0 Å². The highest BCUT2D eigenvalue weighted by Crippen LogP contribution is 2.21. The first-order valence-corrected chi connectivity index (χ1v) is 6.82. The zero-order valence-corrected chi connectivity index (χ0v) is 11.0. The van der Waals surface area contributed by atoms with Crippen molar-refractivity contribution in [2.45, 2.75) is 10.8 Å². The van der Waals surface area contributed by atoms with Crippen LogP contribution in [0.5, 0.6) is 0 Å². The monoisotopic (exact) mass is 295 g/mol. The molecule has 0 spiro atoms. The average Bonchev–Trinajstić information content (AvgIpc) is 2.38. The molecule has 2 aromatic rings. The van der Waals surface area contributed by atoms with E-state index in [2.05, 4.69) is 4.98 Å². The maximum absolute atomic E-state index is 13.5. The molecule has 1 aromatic carbocycles. The number of aromatic nitrogens is 1. The summed E-state index contributed by atoms with van der Waals surface area (Å²) in [6.45, 7) is 0. The molecule has 0 fully saturated rings. The molecular formula is C12H10FN3O3S. The Labute approximate surface area is 116 Å². The second-order valence-corrected chi connectivity index (χ2v) is 5.30. The number of halogens is 1. The van der Waals surface area contributed by atoms with E-state index in [4.69, 9.17) is 5.73 Å². The highest BCUT2D eigenvalue weighted by atomic mass is 32.2. The molecule has 6 nitrogen and oxygen atoms in total. The number of hydrogen-bond donors (Lipinski definition) is 1. The van der Waals surface area contributed by atoms with E-state index >= 15 is 0 Å². The smallest absolute Gasteiger partial charge is 0.304 e. The summed E-state index contributed by atoms with van der Waals surface area (Å²) >= 11 is 0. The number of nitro groups is 1. The van der Waals surface area contributed by atoms with Gasteiger partial charge in [0.15, 0.2) is 0 Å². The van der Waals surface area contributed by atoms with Crippen molar-refractivity contribution in [3.8, 4) is 0 Å². The van der Waals surface area contributed by atoms with Gasteiger partial charge in [-0.1, -0.05) is 6.07 Å². The van der Waals surface area contributed by atoms with Crippen molar-refractivity contribution in [1.29, 1.82) is 0 Å². The van der Waals surface area contributed by atoms with Gasteiger partial charge in [0.2, 0.25) is 5.82 Å². The van der Waals surface area contributed by atoms with Gasteiger partial charge < -0.3 is 5.73 Å². The quantitative estimate of drug-likeness (QED) is 0.687. The lowest BCUT2D eigenvalue weighted by Crippen LogP contribution is -2.04. The van der Waals surface area contributed by atoms with Crippen LogP contribution in [0.1, 0.15) is 5.56 Å². The van der Waals surface area contributed by atoms with Crippen LogP contribution in [0.4, 0.5) is 15.8 Å². The third-order valence-electron chi connectivity index (χ3n) is 2.52. The van der Waals surface area contributed by atoms with E-state index in [1.54, 1.807) is 12.1 Å². The van der Waals surface area contributed by atoms with Crippen LogP contribution < -0.4 is 5.73 Å². The van der Waals surface area contributed by atoms with Crippen LogP contribution in [-0.2, 0) is 16.6 Å². The average molecular weight is 295 g/mol. The first-order valence-electron chi connectivity index (χ1n) is 5.50. The van der Waals surface area contributed by atoms with Gasteiger partial charge in [-0.25, -0.2) is 4.98 Å². The number of nitrogen functional groups attached to an aromatic ring is 1. The molecule has 1 aromatic heterocycles. The van der Waals surface area contributed by atoms with Gasteiger partial charge >= 0.3 is 5.69 Å². The molecular weight excluding hydrogens is 285 g/mol. The summed E-state index contributed by atoms with van der Waals surface area (Å²) in [4.78, 5) is 13.6. The molecule has 8 heteroatoms. The van der Waals surface area contributed by atoms with E-state index in [9.17, 15) is 18.7 Å². The normalized spacial score (nSPS) is 12.1. The zero-order valence-electron chi connectivity index (χ0n) is 10.2. The minimum atomic E-state index is -1.54. The van der Waals surface area contributed by atoms with Crippen molar-refractivity contribution in [2.75, 3.05) is 5.73 Å². The van der Waals surface area contributed by atoms with E-state index in [1.165, 1.54) is 12.3 Å². The van der Waals surface area contributed by atoms with Crippen LogP contribution in [0.15, 0.2) is 41.6 Å². The Morgan fingerprint density at radius 3 is 2.75 bits per heavy atom. The Hall–Kier alpha value is -2.35. The molecule has 1 atom stereocenters. The van der Waals surface area contributed by atoms with Crippen LogP contribution >= 0.6 is 0 Å². The lowest BCUT2D eigenvalue weighted by Gasteiger charge is -2.04. The van der Waals surface area contributed by atoms with Crippen molar-refractivity contribution in [3.05, 3.63) is 58.0 Å². The lowest BCUT2D eigenvalue weighted by molar-refractivity contribution is -0.387. The molecule has 1 unspecified atom stereocenters. The van der Waals surface area contributed by atoms with Crippen LogP contribution in [0.2, 0.25) is 0 Å². The second-order valence-electron chi connectivity index (χ2n) is 3.93. The minimum absolute atomic E-state index is 0.0177. The number of nitrogens with zero attached hydrogens (tertiary/aromatic N) is 2. The molecule has 0 saturated heterocycles. The molecule has 0 aliphatic heterocycles. The third kappa shape index (κ3) is 2.97. The Morgan fingerprint density at radius 2 is 2.15 bits per heavy atom. The number of nitrogens with two attached hydrogens (primary N) is 1. The Kier molecular flexibility index (Phi) is 4.04. The van der Waals surface area contributed by atoms with E-state index in [-0.39, 0.29) is 16.5 Å². The Balaban J connectivity index is 2.23. The molecule has 104 valence electrons. The molecule has 2 rings (SSSR count). The molecule has 0 aliphatic carbocycles. The SMILES string of the molecule is Nc1cccnc1S(=O)Cc1ccc([N+](=O)[O-])c(F)c1. The first-order chi connectivity index (χ1) is 9.49. The maximum Gasteiger partial charge on any atom is 0.304 e. The molecule has 0 radical (unpaired) electrons. The highest BCUT2D eigenvalue weighted by molar-refractivity contribution is 7.84. The number of nitro benzene ring substituents is 1.